The summed E-state index contributed by atoms with van der Waals surface area (Å²) in [6.07, 6.45) is 1.79. The molecular formula is C33H36ClN3O4. The number of rotatable bonds is 8. The summed E-state index contributed by atoms with van der Waals surface area (Å²) in [4.78, 5) is 29.5. The zero-order chi connectivity index (χ0) is 29.1. The van der Waals surface area contributed by atoms with Crippen molar-refractivity contribution in [1.29, 1.82) is 0 Å². The normalized spacial score (nSPS) is 17.6. The van der Waals surface area contributed by atoms with Crippen molar-refractivity contribution in [2.45, 2.75) is 39.2 Å². The first-order valence-electron chi connectivity index (χ1n) is 13.8. The number of nitrogens with one attached hydrogen (secondary N) is 2. The van der Waals surface area contributed by atoms with Crippen LogP contribution in [0.15, 0.2) is 78.0 Å². The number of carbonyl (C=O) groups is 2. The minimum absolute atomic E-state index is 0.0395. The van der Waals surface area contributed by atoms with Gasteiger partial charge in [0.2, 0.25) is 5.91 Å². The van der Waals surface area contributed by atoms with Crippen molar-refractivity contribution in [3.05, 3.63) is 94.1 Å². The summed E-state index contributed by atoms with van der Waals surface area (Å²) < 4.78 is 11.5. The molecule has 1 aliphatic heterocycles. The molecule has 2 N–H and O–H groups in total. The molecular weight excluding hydrogens is 538 g/mol. The number of ether oxygens (including phenoxy) is 2. The first-order chi connectivity index (χ1) is 19.7. The van der Waals surface area contributed by atoms with Gasteiger partial charge < -0.3 is 25.0 Å². The highest BCUT2D eigenvalue weighted by Gasteiger charge is 2.43. The van der Waals surface area contributed by atoms with E-state index in [1.165, 1.54) is 0 Å². The van der Waals surface area contributed by atoms with Crippen LogP contribution in [0.3, 0.4) is 0 Å². The Hall–Kier alpha value is -3.97. The van der Waals surface area contributed by atoms with Gasteiger partial charge in [-0.3, -0.25) is 9.59 Å². The number of anilines is 2. The maximum atomic E-state index is 14.0. The quantitative estimate of drug-likeness (QED) is 0.328. The molecule has 214 valence electrons. The second-order valence-electron chi connectivity index (χ2n) is 11.3. The monoisotopic (exact) mass is 573 g/mol. The fraction of sp³-hybridized carbons (Fsp3) is 0.333. The number of halogens is 1. The van der Waals surface area contributed by atoms with Gasteiger partial charge in [-0.2, -0.15) is 0 Å². The third-order valence-electron chi connectivity index (χ3n) is 7.70. The molecule has 0 spiro atoms. The summed E-state index contributed by atoms with van der Waals surface area (Å²) in [5, 5.41) is 7.34. The fourth-order valence-electron chi connectivity index (χ4n) is 5.89. The van der Waals surface area contributed by atoms with E-state index in [2.05, 4.69) is 24.5 Å². The number of para-hydroxylation sites is 3. The molecule has 3 aromatic rings. The molecule has 1 atom stereocenters. The molecule has 1 unspecified atom stereocenters. The lowest BCUT2D eigenvalue weighted by Gasteiger charge is -2.38. The summed E-state index contributed by atoms with van der Waals surface area (Å²) >= 11 is 6.01. The van der Waals surface area contributed by atoms with Gasteiger partial charge in [-0.25, -0.2) is 0 Å². The van der Waals surface area contributed by atoms with Crippen LogP contribution in [0, 0.1) is 5.41 Å². The van der Waals surface area contributed by atoms with Crippen LogP contribution >= 0.6 is 11.6 Å². The second-order valence-corrected chi connectivity index (χ2v) is 11.8. The van der Waals surface area contributed by atoms with Gasteiger partial charge in [0.1, 0.15) is 0 Å². The van der Waals surface area contributed by atoms with Gasteiger partial charge in [0.25, 0.3) is 0 Å². The number of fused-ring (bicyclic) bond motifs is 1. The standard InChI is InChI=1S/C33H36ClN3O4/c1-33(2)18-25-30(27(38)19-33)31(23-8-7-11-28(40-3)32(23)41-4)37(26-10-6-5-9-24(26)36-25)20-29(39)35-17-16-21-12-14-22(34)15-13-21/h5-15,31,36H,16-20H2,1-4H3,(H,35,39). The Balaban J connectivity index is 1.57. The third-order valence-corrected chi connectivity index (χ3v) is 7.95. The van der Waals surface area contributed by atoms with Gasteiger partial charge in [-0.1, -0.05) is 61.8 Å². The smallest absolute Gasteiger partial charge is 0.239 e. The van der Waals surface area contributed by atoms with E-state index in [0.717, 1.165) is 28.2 Å². The van der Waals surface area contributed by atoms with Crippen LogP contribution in [0.25, 0.3) is 0 Å². The Morgan fingerprint density at radius 2 is 1.78 bits per heavy atom. The van der Waals surface area contributed by atoms with Gasteiger partial charge in [0, 0.05) is 34.8 Å². The fourth-order valence-corrected chi connectivity index (χ4v) is 6.01. The highest BCUT2D eigenvalue weighted by Crippen LogP contribution is 2.50. The van der Waals surface area contributed by atoms with Crippen molar-refractivity contribution in [3.63, 3.8) is 0 Å². The Morgan fingerprint density at radius 3 is 2.51 bits per heavy atom. The van der Waals surface area contributed by atoms with Crippen molar-refractivity contribution in [2.24, 2.45) is 5.41 Å². The molecule has 0 fully saturated rings. The Morgan fingerprint density at radius 1 is 1.02 bits per heavy atom. The predicted molar refractivity (Wildman–Crippen MR) is 163 cm³/mol. The summed E-state index contributed by atoms with van der Waals surface area (Å²) in [6, 6.07) is 20.6. The summed E-state index contributed by atoms with van der Waals surface area (Å²) in [7, 11) is 3.19. The number of amides is 1. The summed E-state index contributed by atoms with van der Waals surface area (Å²) in [6.45, 7) is 4.74. The topological polar surface area (TPSA) is 79.9 Å². The van der Waals surface area contributed by atoms with E-state index in [-0.39, 0.29) is 23.7 Å². The van der Waals surface area contributed by atoms with Crippen molar-refractivity contribution in [2.75, 3.05) is 37.5 Å². The summed E-state index contributed by atoms with van der Waals surface area (Å²) in [5.74, 6) is 1.01. The molecule has 1 heterocycles. The van der Waals surface area contributed by atoms with Crippen LogP contribution in [0.5, 0.6) is 11.5 Å². The lowest BCUT2D eigenvalue weighted by atomic mass is 9.73. The largest absolute Gasteiger partial charge is 0.493 e. The molecule has 41 heavy (non-hydrogen) atoms. The first kappa shape index (κ1) is 28.6. The molecule has 0 aromatic heterocycles. The maximum Gasteiger partial charge on any atom is 0.239 e. The number of ketones is 1. The molecule has 0 saturated heterocycles. The predicted octanol–water partition coefficient (Wildman–Crippen LogP) is 6.33. The van der Waals surface area contributed by atoms with Gasteiger partial charge in [-0.05, 0) is 54.2 Å². The molecule has 7 nitrogen and oxygen atoms in total. The Bertz CT molecular complexity index is 1480. The van der Waals surface area contributed by atoms with Gasteiger partial charge in [0.15, 0.2) is 17.3 Å². The van der Waals surface area contributed by atoms with Crippen LogP contribution < -0.4 is 25.0 Å². The molecule has 1 aliphatic carbocycles. The Kier molecular flexibility index (Phi) is 8.27. The van der Waals surface area contributed by atoms with Gasteiger partial charge >= 0.3 is 0 Å². The van der Waals surface area contributed by atoms with Crippen LogP contribution in [0.2, 0.25) is 5.02 Å². The van der Waals surface area contributed by atoms with E-state index in [9.17, 15) is 9.59 Å². The van der Waals surface area contributed by atoms with Crippen LogP contribution in [0.4, 0.5) is 11.4 Å². The SMILES string of the molecule is COc1cccc(C2C3=C(CC(C)(C)CC3=O)Nc3ccccc3N2CC(=O)NCCc2ccc(Cl)cc2)c1OC. The number of nitrogens with zero attached hydrogens (tertiary/aromatic N) is 1. The number of carbonyl (C=O) groups excluding carboxylic acids is 2. The molecule has 5 rings (SSSR count). The maximum absolute atomic E-state index is 14.0. The number of hydrogen-bond acceptors (Lipinski definition) is 6. The first-order valence-corrected chi connectivity index (χ1v) is 14.2. The Labute approximate surface area is 246 Å². The van der Waals surface area contributed by atoms with E-state index in [1.54, 1.807) is 14.2 Å². The second kappa shape index (κ2) is 11.9. The summed E-state index contributed by atoms with van der Waals surface area (Å²) in [5.41, 5.74) is 4.86. The van der Waals surface area contributed by atoms with Crippen molar-refractivity contribution >= 4 is 34.7 Å². The van der Waals surface area contributed by atoms with Crippen LogP contribution in [-0.4, -0.2) is 39.0 Å². The molecule has 0 saturated carbocycles. The van der Waals surface area contributed by atoms with Gasteiger partial charge in [0.05, 0.1) is 38.2 Å². The van der Waals surface area contributed by atoms with Crippen LogP contribution in [0.1, 0.15) is 43.9 Å². The third kappa shape index (κ3) is 6.05. The molecule has 2 aliphatic rings. The number of benzene rings is 3. The van der Waals surface area contributed by atoms with E-state index < -0.39 is 6.04 Å². The number of hydrogen-bond donors (Lipinski definition) is 2. The number of allylic oxidation sites excluding steroid dienone is 1. The molecule has 1 amide bonds. The van der Waals surface area contributed by atoms with Crippen molar-refractivity contribution in [1.82, 2.24) is 5.32 Å². The number of Topliss-reactive ketones (excluding diaryl/α,β-unsaturated/α-hetero) is 1. The molecule has 0 bridgehead atoms. The minimum atomic E-state index is -0.572. The molecule has 8 heteroatoms. The van der Waals surface area contributed by atoms with Gasteiger partial charge in [-0.15, -0.1) is 0 Å². The zero-order valence-corrected chi connectivity index (χ0v) is 24.7. The highest BCUT2D eigenvalue weighted by atomic mass is 35.5. The van der Waals surface area contributed by atoms with E-state index in [0.29, 0.717) is 47.9 Å². The van der Waals surface area contributed by atoms with E-state index in [4.69, 9.17) is 21.1 Å². The molecule has 3 aromatic carbocycles. The van der Waals surface area contributed by atoms with Crippen molar-refractivity contribution in [3.8, 4) is 11.5 Å². The van der Waals surface area contributed by atoms with Crippen LogP contribution in [-0.2, 0) is 16.0 Å². The number of methoxy groups -OCH3 is 2. The highest BCUT2D eigenvalue weighted by molar-refractivity contribution is 6.30. The zero-order valence-electron chi connectivity index (χ0n) is 23.9. The lowest BCUT2D eigenvalue weighted by molar-refractivity contribution is -0.120. The lowest BCUT2D eigenvalue weighted by Crippen LogP contribution is -2.42. The average molecular weight is 574 g/mol. The molecule has 0 radical (unpaired) electrons. The van der Waals surface area contributed by atoms with E-state index in [1.807, 2.05) is 71.6 Å². The average Bonchev–Trinajstić information content (AvgIpc) is 3.07. The van der Waals surface area contributed by atoms with Crippen molar-refractivity contribution < 1.29 is 19.1 Å². The minimum Gasteiger partial charge on any atom is -0.493 e. The van der Waals surface area contributed by atoms with E-state index >= 15 is 0 Å².